The van der Waals surface area contributed by atoms with Gasteiger partial charge < -0.3 is 25.1 Å². The zero-order valence-electron chi connectivity index (χ0n) is 8.41. The number of hydrogen-bond donors (Lipinski definition) is 2. The third-order valence-corrected chi connectivity index (χ3v) is 1.27. The smallest absolute Gasteiger partial charge is 0.111 e. The van der Waals surface area contributed by atoms with Gasteiger partial charge in [0.15, 0.2) is 0 Å². The Bertz CT molecular complexity index is 141. The van der Waals surface area contributed by atoms with Gasteiger partial charge in [0.1, 0.15) is 12.4 Å². The average Bonchev–Trinajstić information content (AvgIpc) is 2.15. The Morgan fingerprint density at radius 1 is 1.00 bits per heavy atom. The van der Waals surface area contributed by atoms with Gasteiger partial charge in [-0.25, -0.2) is 0 Å². The normalized spacial score (nSPS) is 10.4. The van der Waals surface area contributed by atoms with Crippen LogP contribution in [-0.2, 0) is 14.2 Å². The van der Waals surface area contributed by atoms with Crippen molar-refractivity contribution in [3.05, 3.63) is 12.3 Å². The standard InChI is InChI=1S/C9H19NO4/c1-9(11)8-14-7-6-13-5-4-12-3-2-10/h11H,1-8,10H2. The highest BCUT2D eigenvalue weighted by atomic mass is 16.5. The minimum absolute atomic E-state index is 0.0243. The Labute approximate surface area is 84.4 Å². The Morgan fingerprint density at radius 3 is 2.00 bits per heavy atom. The third kappa shape index (κ3) is 11.4. The molecular weight excluding hydrogens is 186 g/mol. The molecule has 5 heteroatoms. The lowest BCUT2D eigenvalue weighted by molar-refractivity contribution is 0.0163. The second-order valence-corrected chi connectivity index (χ2v) is 2.63. The maximum atomic E-state index is 8.66. The van der Waals surface area contributed by atoms with Crippen LogP contribution in [0.15, 0.2) is 12.3 Å². The van der Waals surface area contributed by atoms with Crippen LogP contribution < -0.4 is 5.73 Å². The van der Waals surface area contributed by atoms with E-state index < -0.39 is 0 Å². The summed E-state index contributed by atoms with van der Waals surface area (Å²) in [4.78, 5) is 0. The fraction of sp³-hybridized carbons (Fsp3) is 0.778. The molecule has 0 heterocycles. The minimum atomic E-state index is 0.0243. The number of nitrogens with two attached hydrogens (primary N) is 1. The van der Waals surface area contributed by atoms with E-state index in [0.717, 1.165) is 0 Å². The first-order valence-electron chi connectivity index (χ1n) is 4.57. The Morgan fingerprint density at radius 2 is 1.50 bits per heavy atom. The second kappa shape index (κ2) is 10.5. The van der Waals surface area contributed by atoms with Crippen molar-refractivity contribution in [2.75, 3.05) is 46.2 Å². The summed E-state index contributed by atoms with van der Waals surface area (Å²) in [7, 11) is 0. The van der Waals surface area contributed by atoms with Crippen LogP contribution in [0.1, 0.15) is 0 Å². The Kier molecular flexibility index (Phi) is 10.00. The zero-order valence-corrected chi connectivity index (χ0v) is 8.41. The molecule has 0 aromatic rings. The van der Waals surface area contributed by atoms with Crippen LogP contribution >= 0.6 is 0 Å². The molecule has 0 saturated heterocycles. The van der Waals surface area contributed by atoms with Crippen LogP contribution in [0.5, 0.6) is 0 Å². The predicted octanol–water partition coefficient (Wildman–Crippen LogP) is 0.0666. The summed E-state index contributed by atoms with van der Waals surface area (Å²) >= 11 is 0. The van der Waals surface area contributed by atoms with Crippen LogP contribution in [0, 0.1) is 0 Å². The first-order valence-corrected chi connectivity index (χ1v) is 4.57. The molecule has 0 rings (SSSR count). The fourth-order valence-electron chi connectivity index (χ4n) is 0.713. The summed E-state index contributed by atoms with van der Waals surface area (Å²) in [5.74, 6) is 0.0243. The molecule has 0 unspecified atom stereocenters. The fourth-order valence-corrected chi connectivity index (χ4v) is 0.713. The van der Waals surface area contributed by atoms with Crippen molar-refractivity contribution in [2.45, 2.75) is 0 Å². The minimum Gasteiger partial charge on any atom is -0.510 e. The van der Waals surface area contributed by atoms with E-state index >= 15 is 0 Å². The van der Waals surface area contributed by atoms with Crippen LogP contribution in [0.4, 0.5) is 0 Å². The number of rotatable bonds is 10. The number of ether oxygens (including phenoxy) is 3. The van der Waals surface area contributed by atoms with Crippen molar-refractivity contribution in [2.24, 2.45) is 5.73 Å². The first kappa shape index (κ1) is 13.4. The SMILES string of the molecule is C=C(O)COCCOCCOCCN. The van der Waals surface area contributed by atoms with Gasteiger partial charge in [-0.15, -0.1) is 0 Å². The highest BCUT2D eigenvalue weighted by Gasteiger charge is 1.91. The first-order chi connectivity index (χ1) is 6.77. The Balaban J connectivity index is 2.88. The van der Waals surface area contributed by atoms with Crippen molar-refractivity contribution >= 4 is 0 Å². The molecule has 0 amide bonds. The van der Waals surface area contributed by atoms with Gasteiger partial charge in [0.05, 0.1) is 33.0 Å². The summed E-state index contributed by atoms with van der Waals surface area (Å²) in [6.07, 6.45) is 0. The van der Waals surface area contributed by atoms with Gasteiger partial charge in [-0.1, -0.05) is 6.58 Å². The molecule has 0 atom stereocenters. The highest BCUT2D eigenvalue weighted by Crippen LogP contribution is 1.85. The number of aliphatic hydroxyl groups is 1. The van der Waals surface area contributed by atoms with Gasteiger partial charge in [-0.05, 0) is 0 Å². The molecule has 14 heavy (non-hydrogen) atoms. The molecule has 0 spiro atoms. The molecule has 0 bridgehead atoms. The molecule has 0 aliphatic carbocycles. The van der Waals surface area contributed by atoms with Crippen LogP contribution in [0.25, 0.3) is 0 Å². The average molecular weight is 205 g/mol. The molecule has 0 aliphatic rings. The second-order valence-electron chi connectivity index (χ2n) is 2.63. The van der Waals surface area contributed by atoms with Crippen LogP contribution in [0.2, 0.25) is 0 Å². The van der Waals surface area contributed by atoms with Gasteiger partial charge in [-0.2, -0.15) is 0 Å². The van der Waals surface area contributed by atoms with Crippen LogP contribution in [-0.4, -0.2) is 51.3 Å². The predicted molar refractivity (Wildman–Crippen MR) is 53.3 cm³/mol. The lowest BCUT2D eigenvalue weighted by Crippen LogP contribution is -2.13. The molecule has 0 aliphatic heterocycles. The monoisotopic (exact) mass is 205 g/mol. The molecule has 0 aromatic carbocycles. The van der Waals surface area contributed by atoms with E-state index in [1.54, 1.807) is 0 Å². The van der Waals surface area contributed by atoms with E-state index in [4.69, 9.17) is 25.1 Å². The number of hydrogen-bond acceptors (Lipinski definition) is 5. The summed E-state index contributed by atoms with van der Waals surface area (Å²) < 4.78 is 15.2. The van der Waals surface area contributed by atoms with Gasteiger partial charge in [0, 0.05) is 6.54 Å². The molecule has 84 valence electrons. The van der Waals surface area contributed by atoms with Gasteiger partial charge in [0.2, 0.25) is 0 Å². The van der Waals surface area contributed by atoms with E-state index in [-0.39, 0.29) is 12.4 Å². The molecule has 0 aromatic heterocycles. The summed E-state index contributed by atoms with van der Waals surface area (Å²) in [6.45, 7) is 6.53. The quantitative estimate of drug-likeness (QED) is 0.390. The third-order valence-electron chi connectivity index (χ3n) is 1.27. The summed E-state index contributed by atoms with van der Waals surface area (Å²) in [5.41, 5.74) is 5.22. The summed E-state index contributed by atoms with van der Waals surface area (Å²) in [5, 5.41) is 8.66. The van der Waals surface area contributed by atoms with Gasteiger partial charge in [-0.3, -0.25) is 0 Å². The highest BCUT2D eigenvalue weighted by molar-refractivity contribution is 4.77. The lowest BCUT2D eigenvalue weighted by Gasteiger charge is -2.05. The summed E-state index contributed by atoms with van der Waals surface area (Å²) in [6, 6.07) is 0. The van der Waals surface area contributed by atoms with E-state index in [2.05, 4.69) is 6.58 Å². The van der Waals surface area contributed by atoms with Gasteiger partial charge in [0.25, 0.3) is 0 Å². The largest absolute Gasteiger partial charge is 0.510 e. The lowest BCUT2D eigenvalue weighted by atomic mass is 10.6. The van der Waals surface area contributed by atoms with E-state index in [1.165, 1.54) is 0 Å². The van der Waals surface area contributed by atoms with E-state index in [1.807, 2.05) is 0 Å². The van der Waals surface area contributed by atoms with E-state index in [0.29, 0.717) is 39.6 Å². The van der Waals surface area contributed by atoms with Crippen molar-refractivity contribution in [3.63, 3.8) is 0 Å². The van der Waals surface area contributed by atoms with E-state index in [9.17, 15) is 0 Å². The van der Waals surface area contributed by atoms with Crippen molar-refractivity contribution in [3.8, 4) is 0 Å². The van der Waals surface area contributed by atoms with Crippen LogP contribution in [0.3, 0.4) is 0 Å². The van der Waals surface area contributed by atoms with Gasteiger partial charge >= 0.3 is 0 Å². The Hall–Kier alpha value is -0.620. The molecular formula is C9H19NO4. The van der Waals surface area contributed by atoms with Crippen molar-refractivity contribution in [1.29, 1.82) is 0 Å². The molecule has 0 fully saturated rings. The zero-order chi connectivity index (χ0) is 10.6. The van der Waals surface area contributed by atoms with Crippen molar-refractivity contribution in [1.82, 2.24) is 0 Å². The molecule has 5 nitrogen and oxygen atoms in total. The molecule has 0 saturated carbocycles. The van der Waals surface area contributed by atoms with Crippen molar-refractivity contribution < 1.29 is 19.3 Å². The molecule has 3 N–H and O–H groups in total. The number of aliphatic hydroxyl groups excluding tert-OH is 1. The maximum absolute atomic E-state index is 8.66. The topological polar surface area (TPSA) is 73.9 Å². The molecule has 0 radical (unpaired) electrons. The maximum Gasteiger partial charge on any atom is 0.111 e.